The van der Waals surface area contributed by atoms with E-state index in [0.29, 0.717) is 0 Å². The van der Waals surface area contributed by atoms with Gasteiger partial charge in [-0.2, -0.15) is 0 Å². The van der Waals surface area contributed by atoms with Gasteiger partial charge in [0, 0.05) is 41.3 Å². The van der Waals surface area contributed by atoms with Crippen LogP contribution >= 0.6 is 23.1 Å². The molecule has 0 amide bonds. The van der Waals surface area contributed by atoms with Crippen molar-refractivity contribution in [3.8, 4) is 22.6 Å². The highest BCUT2D eigenvalue weighted by molar-refractivity contribution is 7.99. The second-order valence-corrected chi connectivity index (χ2v) is 17.1. The van der Waals surface area contributed by atoms with Crippen molar-refractivity contribution in [1.29, 1.82) is 0 Å². The van der Waals surface area contributed by atoms with Crippen LogP contribution in [-0.2, 0) is 0 Å². The van der Waals surface area contributed by atoms with E-state index in [0.717, 1.165) is 62.7 Å². The van der Waals surface area contributed by atoms with Crippen molar-refractivity contribution in [2.75, 3.05) is 14.7 Å². The molecule has 0 N–H and O–H groups in total. The van der Waals surface area contributed by atoms with E-state index in [9.17, 15) is 0 Å². The fourth-order valence-corrected chi connectivity index (χ4v) is 10.8. The van der Waals surface area contributed by atoms with Gasteiger partial charge in [0.2, 0.25) is 0 Å². The Morgan fingerprint density at radius 1 is 0.367 bits per heavy atom. The number of thiophene rings is 1. The van der Waals surface area contributed by atoms with Crippen LogP contribution in [0.4, 0.5) is 51.2 Å². The van der Waals surface area contributed by atoms with Gasteiger partial charge in [0.1, 0.15) is 0 Å². The van der Waals surface area contributed by atoms with Crippen LogP contribution in [0.3, 0.4) is 0 Å². The van der Waals surface area contributed by atoms with Crippen LogP contribution in [0.5, 0.6) is 11.5 Å². The summed E-state index contributed by atoms with van der Waals surface area (Å²) in [6.45, 7) is 0. The summed E-state index contributed by atoms with van der Waals surface area (Å²) < 4.78 is 9.10. The molecule has 4 nitrogen and oxygen atoms in total. The predicted octanol–water partition coefficient (Wildman–Crippen LogP) is 16.7. The number of nitrogens with zero attached hydrogens (tertiary/aromatic N) is 3. The van der Waals surface area contributed by atoms with Crippen molar-refractivity contribution in [2.24, 2.45) is 0 Å². The number of hydrogen-bond donors (Lipinski definition) is 0. The summed E-state index contributed by atoms with van der Waals surface area (Å²) in [5.74, 6) is 1.63. The van der Waals surface area contributed by atoms with Crippen LogP contribution in [0.25, 0.3) is 31.3 Å². The summed E-state index contributed by atoms with van der Waals surface area (Å²) in [5.41, 5.74) is 11.9. The fourth-order valence-electron chi connectivity index (χ4n) is 8.67. The SMILES string of the molecule is c1ccc(-c2ccc(N(c3cc(N4c5ccccc5Oc5ccccc54)cc(N4c5ccccc5Sc5ccccc54)c3)c3ccc4sc5ccccc5c4c3)cc2)cc1. The molecule has 0 atom stereocenters. The van der Waals surface area contributed by atoms with Gasteiger partial charge in [-0.05, 0) is 114 Å². The zero-order valence-corrected chi connectivity index (χ0v) is 33.9. The van der Waals surface area contributed by atoms with Gasteiger partial charge < -0.3 is 19.4 Å². The first-order valence-electron chi connectivity index (χ1n) is 20.1. The Bertz CT molecular complexity index is 3040. The molecule has 60 heavy (non-hydrogen) atoms. The summed E-state index contributed by atoms with van der Waals surface area (Å²) in [5, 5.41) is 2.52. The molecule has 12 rings (SSSR count). The largest absolute Gasteiger partial charge is 0.453 e. The molecule has 10 aromatic rings. The Morgan fingerprint density at radius 3 is 1.57 bits per heavy atom. The van der Waals surface area contributed by atoms with Crippen LogP contribution in [0, 0.1) is 0 Å². The smallest absolute Gasteiger partial charge is 0.151 e. The number of hydrogen-bond acceptors (Lipinski definition) is 6. The molecular weight excluding hydrogens is 771 g/mol. The fraction of sp³-hybridized carbons (Fsp3) is 0. The van der Waals surface area contributed by atoms with Crippen LogP contribution < -0.4 is 19.4 Å². The van der Waals surface area contributed by atoms with Gasteiger partial charge in [-0.15, -0.1) is 11.3 Å². The molecule has 6 heteroatoms. The van der Waals surface area contributed by atoms with Crippen LogP contribution in [0.1, 0.15) is 0 Å². The lowest BCUT2D eigenvalue weighted by molar-refractivity contribution is 0.477. The minimum absolute atomic E-state index is 0.816. The van der Waals surface area contributed by atoms with Gasteiger partial charge in [-0.1, -0.05) is 121 Å². The zero-order valence-electron chi connectivity index (χ0n) is 32.3. The van der Waals surface area contributed by atoms with Crippen molar-refractivity contribution in [1.82, 2.24) is 0 Å². The molecule has 0 saturated heterocycles. The summed E-state index contributed by atoms with van der Waals surface area (Å²) in [4.78, 5) is 9.63. The predicted molar refractivity (Wildman–Crippen MR) is 253 cm³/mol. The van der Waals surface area contributed by atoms with Crippen LogP contribution in [-0.4, -0.2) is 0 Å². The van der Waals surface area contributed by atoms with Crippen molar-refractivity contribution in [3.63, 3.8) is 0 Å². The van der Waals surface area contributed by atoms with E-state index in [2.05, 4.69) is 215 Å². The molecule has 0 fully saturated rings. The third-order valence-corrected chi connectivity index (χ3v) is 13.7. The van der Waals surface area contributed by atoms with Crippen LogP contribution in [0.2, 0.25) is 0 Å². The first-order valence-corrected chi connectivity index (χ1v) is 21.7. The Kier molecular flexibility index (Phi) is 8.25. The highest BCUT2D eigenvalue weighted by Gasteiger charge is 2.30. The summed E-state index contributed by atoms with van der Waals surface area (Å²) >= 11 is 3.67. The molecule has 0 aliphatic carbocycles. The molecule has 0 unspecified atom stereocenters. The quantitative estimate of drug-likeness (QED) is 0.166. The van der Waals surface area contributed by atoms with E-state index in [1.165, 1.54) is 41.1 Å². The molecule has 284 valence electrons. The molecular formula is C54H35N3OS2. The van der Waals surface area contributed by atoms with E-state index in [1.807, 2.05) is 35.2 Å². The van der Waals surface area contributed by atoms with Gasteiger partial charge in [0.05, 0.1) is 39.8 Å². The number of rotatable bonds is 6. The van der Waals surface area contributed by atoms with E-state index >= 15 is 0 Å². The Hall–Kier alpha value is -7.25. The van der Waals surface area contributed by atoms with E-state index in [1.54, 1.807) is 0 Å². The molecule has 0 radical (unpaired) electrons. The second-order valence-electron chi connectivity index (χ2n) is 15.0. The topological polar surface area (TPSA) is 19.0 Å². The number of benzene rings is 9. The number of ether oxygens (including phenoxy) is 1. The van der Waals surface area contributed by atoms with Gasteiger partial charge in [-0.3, -0.25) is 0 Å². The number of para-hydroxylation sites is 6. The Balaban J connectivity index is 1.14. The van der Waals surface area contributed by atoms with Crippen molar-refractivity contribution in [3.05, 3.63) is 212 Å². The average molecular weight is 806 g/mol. The maximum atomic E-state index is 6.54. The number of anilines is 9. The summed E-state index contributed by atoms with van der Waals surface area (Å²) in [7, 11) is 0. The number of fused-ring (bicyclic) bond motifs is 7. The molecule has 2 aliphatic rings. The lowest BCUT2D eigenvalue weighted by Crippen LogP contribution is -2.19. The third-order valence-electron chi connectivity index (χ3n) is 11.4. The minimum Gasteiger partial charge on any atom is -0.453 e. The van der Waals surface area contributed by atoms with E-state index < -0.39 is 0 Å². The van der Waals surface area contributed by atoms with Crippen molar-refractivity contribution in [2.45, 2.75) is 9.79 Å². The normalized spacial score (nSPS) is 12.7. The zero-order chi connectivity index (χ0) is 39.6. The molecule has 0 saturated carbocycles. The highest BCUT2D eigenvalue weighted by Crippen LogP contribution is 2.56. The van der Waals surface area contributed by atoms with Gasteiger partial charge in [0.15, 0.2) is 11.5 Å². The van der Waals surface area contributed by atoms with Gasteiger partial charge in [-0.25, -0.2) is 0 Å². The standard InChI is InChI=1S/C54H35N3OS2/c1-2-14-36(15-3-1)37-26-28-38(29-27-37)55(39-30-31-52-44(35-39)43-16-4-11-23-51(43)59-52)40-32-41(56-45-17-5-9-21-49(45)58-50-22-10-6-18-46(50)56)34-42(33-40)57-47-19-7-12-24-53(47)60-54-25-13-8-20-48(54)57/h1-35H. The van der Waals surface area contributed by atoms with Crippen molar-refractivity contribution < 1.29 is 4.74 Å². The maximum Gasteiger partial charge on any atom is 0.151 e. The maximum absolute atomic E-state index is 6.54. The molecule has 2 aliphatic heterocycles. The first kappa shape index (κ1) is 34.8. The second kappa shape index (κ2) is 14.2. The molecule has 9 aromatic carbocycles. The molecule has 0 bridgehead atoms. The Labute approximate surface area is 356 Å². The Morgan fingerprint density at radius 2 is 0.883 bits per heavy atom. The average Bonchev–Trinajstić information content (AvgIpc) is 3.68. The van der Waals surface area contributed by atoms with Gasteiger partial charge in [0.25, 0.3) is 0 Å². The molecule has 0 spiro atoms. The molecule has 1 aromatic heterocycles. The van der Waals surface area contributed by atoms with E-state index in [-0.39, 0.29) is 0 Å². The van der Waals surface area contributed by atoms with Gasteiger partial charge >= 0.3 is 0 Å². The highest BCUT2D eigenvalue weighted by atomic mass is 32.2. The minimum atomic E-state index is 0.816. The third kappa shape index (κ3) is 5.83. The monoisotopic (exact) mass is 805 g/mol. The summed E-state index contributed by atoms with van der Waals surface area (Å²) in [6.07, 6.45) is 0. The van der Waals surface area contributed by atoms with E-state index in [4.69, 9.17) is 4.74 Å². The first-order chi connectivity index (χ1) is 29.7. The molecule has 3 heterocycles. The lowest BCUT2D eigenvalue weighted by atomic mass is 10.0. The van der Waals surface area contributed by atoms with Crippen molar-refractivity contribution >= 4 is 94.5 Å². The van der Waals surface area contributed by atoms with Crippen LogP contribution in [0.15, 0.2) is 222 Å². The lowest BCUT2D eigenvalue weighted by Gasteiger charge is -2.37. The summed E-state index contributed by atoms with van der Waals surface area (Å²) in [6, 6.07) is 76.4.